The molecular formula is C24H25F2N5O2. The van der Waals surface area contributed by atoms with Crippen LogP contribution in [0.2, 0.25) is 0 Å². The zero-order valence-corrected chi connectivity index (χ0v) is 18.1. The minimum Gasteiger partial charge on any atom is -0.390 e. The summed E-state index contributed by atoms with van der Waals surface area (Å²) in [5, 5.41) is 10.9. The summed E-state index contributed by atoms with van der Waals surface area (Å²) in [6.45, 7) is 2.47. The number of fused-ring (bicyclic) bond motifs is 2. The molecule has 6 rings (SSSR count). The van der Waals surface area contributed by atoms with E-state index in [2.05, 4.69) is 33.1 Å². The Kier molecular flexibility index (Phi) is 4.74. The lowest BCUT2D eigenvalue weighted by atomic mass is 9.94. The van der Waals surface area contributed by atoms with E-state index < -0.39 is 17.9 Å². The number of likely N-dealkylation sites (tertiary alicyclic amines) is 1. The number of hydrogen-bond acceptors (Lipinski definition) is 5. The van der Waals surface area contributed by atoms with E-state index in [9.17, 15) is 18.7 Å². The number of carbonyl (C=O) groups excluding carboxylic acids is 1. The van der Waals surface area contributed by atoms with Gasteiger partial charge in [-0.1, -0.05) is 24.3 Å². The molecule has 7 nitrogen and oxygen atoms in total. The summed E-state index contributed by atoms with van der Waals surface area (Å²) in [5.41, 5.74) is 3.32. The Bertz CT molecular complexity index is 1230. The average molecular weight is 453 g/mol. The van der Waals surface area contributed by atoms with Crippen LogP contribution in [-0.2, 0) is 13.0 Å². The van der Waals surface area contributed by atoms with Crippen molar-refractivity contribution in [3.8, 4) is 0 Å². The molecule has 3 atom stereocenters. The maximum atomic E-state index is 13.4. The minimum absolute atomic E-state index is 0.00732. The van der Waals surface area contributed by atoms with Crippen molar-refractivity contribution in [2.45, 2.75) is 49.8 Å². The Morgan fingerprint density at radius 1 is 1.15 bits per heavy atom. The Balaban J connectivity index is 1.14. The number of imidazole rings is 1. The van der Waals surface area contributed by atoms with E-state index >= 15 is 0 Å². The van der Waals surface area contributed by atoms with Gasteiger partial charge < -0.3 is 10.0 Å². The fourth-order valence-corrected chi connectivity index (χ4v) is 5.25. The van der Waals surface area contributed by atoms with Crippen LogP contribution in [-0.4, -0.2) is 72.9 Å². The number of nitrogens with zero attached hydrogens (tertiary/aromatic N) is 5. The number of aliphatic hydroxyl groups excluding tert-OH is 1. The van der Waals surface area contributed by atoms with Crippen LogP contribution in [0.3, 0.4) is 0 Å². The van der Waals surface area contributed by atoms with Crippen LogP contribution in [0.1, 0.15) is 45.9 Å². The molecule has 1 amide bonds. The minimum atomic E-state index is -2.68. The number of aliphatic hydroxyl groups is 1. The van der Waals surface area contributed by atoms with Gasteiger partial charge in [-0.15, -0.1) is 0 Å². The standard InChI is InChI=1S/C24H25F2N5O2/c25-24(26)9-18(24)17-10-27-23-28-19(13-31(23)12-17)22(33)30-8-6-20(21(32)14-30)29-7-5-15-3-1-2-4-16(15)11-29/h1-4,10,12-13,18,20-21,32H,5-9,11,14H2/t18?,20-,21-/m0/s1. The van der Waals surface area contributed by atoms with Crippen molar-refractivity contribution >= 4 is 11.7 Å². The number of aromatic nitrogens is 3. The first kappa shape index (κ1) is 20.7. The predicted octanol–water partition coefficient (Wildman–Crippen LogP) is 2.49. The topological polar surface area (TPSA) is 74.0 Å². The summed E-state index contributed by atoms with van der Waals surface area (Å²) >= 11 is 0. The summed E-state index contributed by atoms with van der Waals surface area (Å²) in [7, 11) is 0. The van der Waals surface area contributed by atoms with Crippen molar-refractivity contribution < 1.29 is 18.7 Å². The van der Waals surface area contributed by atoms with Crippen molar-refractivity contribution in [2.75, 3.05) is 19.6 Å². The molecule has 172 valence electrons. The smallest absolute Gasteiger partial charge is 0.274 e. The summed E-state index contributed by atoms with van der Waals surface area (Å²) in [4.78, 5) is 25.5. The lowest BCUT2D eigenvalue weighted by Gasteiger charge is -2.43. The molecule has 0 radical (unpaired) electrons. The largest absolute Gasteiger partial charge is 0.390 e. The second kappa shape index (κ2) is 7.56. The van der Waals surface area contributed by atoms with Crippen molar-refractivity contribution in [2.24, 2.45) is 0 Å². The van der Waals surface area contributed by atoms with Crippen molar-refractivity contribution in [1.82, 2.24) is 24.2 Å². The maximum absolute atomic E-state index is 13.4. The van der Waals surface area contributed by atoms with E-state index in [0.29, 0.717) is 24.3 Å². The van der Waals surface area contributed by atoms with Gasteiger partial charge in [0, 0.05) is 57.2 Å². The van der Waals surface area contributed by atoms with Gasteiger partial charge in [-0.3, -0.25) is 14.1 Å². The van der Waals surface area contributed by atoms with Gasteiger partial charge in [0.15, 0.2) is 0 Å². The lowest BCUT2D eigenvalue weighted by molar-refractivity contribution is -0.0139. The van der Waals surface area contributed by atoms with Crippen LogP contribution in [0, 0.1) is 0 Å². The molecule has 4 heterocycles. The number of piperidine rings is 1. The first-order valence-electron chi connectivity index (χ1n) is 11.4. The van der Waals surface area contributed by atoms with Gasteiger partial charge in [0.25, 0.3) is 11.8 Å². The lowest BCUT2D eigenvalue weighted by Crippen LogP contribution is -2.56. The van der Waals surface area contributed by atoms with Crippen LogP contribution in [0.25, 0.3) is 5.78 Å². The molecule has 1 saturated carbocycles. The predicted molar refractivity (Wildman–Crippen MR) is 116 cm³/mol. The average Bonchev–Trinajstić information content (AvgIpc) is 3.26. The second-order valence-corrected chi connectivity index (χ2v) is 9.40. The Morgan fingerprint density at radius 2 is 1.94 bits per heavy atom. The molecule has 1 unspecified atom stereocenters. The number of alkyl halides is 2. The van der Waals surface area contributed by atoms with Crippen molar-refractivity contribution in [1.29, 1.82) is 0 Å². The summed E-state index contributed by atoms with van der Waals surface area (Å²) in [5.74, 6) is -3.47. The second-order valence-electron chi connectivity index (χ2n) is 9.40. The molecule has 1 aromatic carbocycles. The van der Waals surface area contributed by atoms with Gasteiger partial charge in [0.05, 0.1) is 12.0 Å². The summed E-state index contributed by atoms with van der Waals surface area (Å²) < 4.78 is 28.3. The van der Waals surface area contributed by atoms with Crippen LogP contribution >= 0.6 is 0 Å². The zero-order valence-electron chi connectivity index (χ0n) is 18.1. The van der Waals surface area contributed by atoms with E-state index in [0.717, 1.165) is 19.5 Å². The number of carbonyl (C=O) groups is 1. The van der Waals surface area contributed by atoms with Crippen LogP contribution in [0.5, 0.6) is 0 Å². The van der Waals surface area contributed by atoms with Crippen LogP contribution in [0.15, 0.2) is 42.9 Å². The molecule has 2 aliphatic heterocycles. The molecule has 1 N–H and O–H groups in total. The Labute approximate surface area is 189 Å². The maximum Gasteiger partial charge on any atom is 0.274 e. The van der Waals surface area contributed by atoms with Gasteiger partial charge in [0.2, 0.25) is 5.78 Å². The van der Waals surface area contributed by atoms with Gasteiger partial charge in [-0.2, -0.15) is 0 Å². The number of halogens is 2. The zero-order chi connectivity index (χ0) is 22.7. The number of benzene rings is 1. The van der Waals surface area contributed by atoms with Gasteiger partial charge in [0.1, 0.15) is 5.69 Å². The molecule has 1 saturated heterocycles. The van der Waals surface area contributed by atoms with E-state index in [1.807, 2.05) is 6.07 Å². The molecule has 3 aliphatic rings. The van der Waals surface area contributed by atoms with Crippen molar-refractivity contribution in [3.63, 3.8) is 0 Å². The third-order valence-electron chi connectivity index (χ3n) is 7.24. The molecule has 1 aliphatic carbocycles. The highest BCUT2D eigenvalue weighted by Gasteiger charge is 2.57. The number of amides is 1. The van der Waals surface area contributed by atoms with Gasteiger partial charge in [-0.05, 0) is 29.5 Å². The van der Waals surface area contributed by atoms with E-state index in [1.165, 1.54) is 27.9 Å². The molecule has 9 heteroatoms. The first-order valence-corrected chi connectivity index (χ1v) is 11.4. The highest BCUT2D eigenvalue weighted by Crippen LogP contribution is 2.55. The number of β-amino-alcohol motifs (C(OH)–C–C–N with tert-alkyl or cyclic N) is 1. The number of rotatable bonds is 3. The van der Waals surface area contributed by atoms with Crippen LogP contribution in [0.4, 0.5) is 8.78 Å². The molecule has 2 fully saturated rings. The quantitative estimate of drug-likeness (QED) is 0.660. The Morgan fingerprint density at radius 3 is 2.70 bits per heavy atom. The molecule has 0 spiro atoms. The third kappa shape index (κ3) is 3.69. The molecule has 3 aromatic rings. The third-order valence-corrected chi connectivity index (χ3v) is 7.24. The molecular weight excluding hydrogens is 428 g/mol. The molecule has 2 aromatic heterocycles. The molecule has 33 heavy (non-hydrogen) atoms. The van der Waals surface area contributed by atoms with Crippen molar-refractivity contribution in [3.05, 3.63) is 65.2 Å². The monoisotopic (exact) mass is 453 g/mol. The summed E-state index contributed by atoms with van der Waals surface area (Å²) in [6, 6.07) is 8.41. The van der Waals surface area contributed by atoms with E-state index in [-0.39, 0.29) is 30.6 Å². The number of hydrogen-bond donors (Lipinski definition) is 1. The normalized spacial score (nSPS) is 26.9. The Hall–Kier alpha value is -2.91. The highest BCUT2D eigenvalue weighted by atomic mass is 19.3. The fraction of sp³-hybridized carbons (Fsp3) is 0.458. The molecule has 0 bridgehead atoms. The van der Waals surface area contributed by atoms with E-state index in [1.54, 1.807) is 11.1 Å². The van der Waals surface area contributed by atoms with Gasteiger partial charge in [-0.25, -0.2) is 18.7 Å². The van der Waals surface area contributed by atoms with Crippen LogP contribution < -0.4 is 0 Å². The first-order chi connectivity index (χ1) is 15.9. The van der Waals surface area contributed by atoms with Gasteiger partial charge >= 0.3 is 0 Å². The highest BCUT2D eigenvalue weighted by molar-refractivity contribution is 5.92. The fourth-order valence-electron chi connectivity index (χ4n) is 5.25. The SMILES string of the molecule is O=C(c1cn2cc(C3CC3(F)F)cnc2n1)N1CC[C@H](N2CCc3ccccc3C2)[C@@H](O)C1. The van der Waals surface area contributed by atoms with E-state index in [4.69, 9.17) is 0 Å². The summed E-state index contributed by atoms with van der Waals surface area (Å²) in [6.07, 6.45) is 5.35.